The van der Waals surface area contributed by atoms with Crippen LogP contribution in [0, 0.1) is 6.92 Å². The van der Waals surface area contributed by atoms with Gasteiger partial charge in [0.1, 0.15) is 0 Å². The minimum absolute atomic E-state index is 0.358. The molecule has 0 aliphatic carbocycles. The van der Waals surface area contributed by atoms with Gasteiger partial charge in [-0.25, -0.2) is 0 Å². The van der Waals surface area contributed by atoms with Crippen molar-refractivity contribution < 1.29 is 9.59 Å². The molecule has 76 valence electrons. The number of aromatic nitrogens is 1. The fourth-order valence-corrected chi connectivity index (χ4v) is 1.77. The molecule has 0 radical (unpaired) electrons. The Kier molecular flexibility index (Phi) is 2.15. The number of ketones is 1. The summed E-state index contributed by atoms with van der Waals surface area (Å²) in [4.78, 5) is 21.9. The van der Waals surface area contributed by atoms with Crippen LogP contribution in [0.5, 0.6) is 0 Å². The quantitative estimate of drug-likeness (QED) is 0.422. The maximum atomic E-state index is 11.4. The minimum Gasteiger partial charge on any atom is -0.350 e. The van der Waals surface area contributed by atoms with Gasteiger partial charge in [-0.2, -0.15) is 0 Å². The molecule has 1 aromatic heterocycles. The van der Waals surface area contributed by atoms with Crippen LogP contribution in [0.1, 0.15) is 15.9 Å². The number of aldehydes is 1. The van der Waals surface area contributed by atoms with Gasteiger partial charge in [-0.3, -0.25) is 9.59 Å². The van der Waals surface area contributed by atoms with Crippen molar-refractivity contribution in [1.29, 1.82) is 0 Å². The van der Waals surface area contributed by atoms with Gasteiger partial charge in [0.05, 0.1) is 5.56 Å². The van der Waals surface area contributed by atoms with Crippen molar-refractivity contribution in [2.75, 3.05) is 0 Å². The maximum Gasteiger partial charge on any atom is 0.227 e. The van der Waals surface area contributed by atoms with Crippen molar-refractivity contribution in [3.05, 3.63) is 35.5 Å². The molecule has 1 aromatic carbocycles. The molecule has 0 fully saturated rings. The Labute approximate surface area is 87.3 Å². The van der Waals surface area contributed by atoms with E-state index in [1.807, 2.05) is 36.7 Å². The van der Waals surface area contributed by atoms with Gasteiger partial charge in [-0.1, -0.05) is 11.6 Å². The smallest absolute Gasteiger partial charge is 0.227 e. The molecule has 0 saturated heterocycles. The first-order chi connectivity index (χ1) is 7.13. The van der Waals surface area contributed by atoms with Crippen LogP contribution < -0.4 is 0 Å². The van der Waals surface area contributed by atoms with Gasteiger partial charge in [0.15, 0.2) is 6.29 Å². The van der Waals surface area contributed by atoms with Crippen LogP contribution in [-0.4, -0.2) is 16.6 Å². The van der Waals surface area contributed by atoms with Crippen LogP contribution in [0.2, 0.25) is 0 Å². The van der Waals surface area contributed by atoms with Gasteiger partial charge >= 0.3 is 0 Å². The van der Waals surface area contributed by atoms with E-state index in [9.17, 15) is 9.59 Å². The van der Waals surface area contributed by atoms with Gasteiger partial charge < -0.3 is 4.57 Å². The number of nitrogens with zero attached hydrogens (tertiary/aromatic N) is 1. The van der Waals surface area contributed by atoms with Crippen molar-refractivity contribution in [1.82, 2.24) is 4.57 Å². The number of fused-ring (bicyclic) bond motifs is 1. The van der Waals surface area contributed by atoms with Crippen molar-refractivity contribution in [3.8, 4) is 0 Å². The summed E-state index contributed by atoms with van der Waals surface area (Å²) in [5.41, 5.74) is 2.52. The lowest BCUT2D eigenvalue weighted by atomic mass is 10.1. The monoisotopic (exact) mass is 201 g/mol. The molecule has 15 heavy (non-hydrogen) atoms. The lowest BCUT2D eigenvalue weighted by Crippen LogP contribution is -1.98. The molecule has 2 aromatic rings. The summed E-state index contributed by atoms with van der Waals surface area (Å²) in [6, 6.07) is 5.86. The highest BCUT2D eigenvalue weighted by atomic mass is 16.2. The topological polar surface area (TPSA) is 39.1 Å². The van der Waals surface area contributed by atoms with Gasteiger partial charge in [-0.15, -0.1) is 0 Å². The van der Waals surface area contributed by atoms with E-state index in [1.54, 1.807) is 6.20 Å². The number of aryl methyl sites for hydroxylation is 2. The van der Waals surface area contributed by atoms with Gasteiger partial charge in [0.25, 0.3) is 0 Å². The van der Waals surface area contributed by atoms with Gasteiger partial charge in [0, 0.05) is 24.1 Å². The first-order valence-electron chi connectivity index (χ1n) is 4.68. The first kappa shape index (κ1) is 9.65. The summed E-state index contributed by atoms with van der Waals surface area (Å²) < 4.78 is 1.85. The van der Waals surface area contributed by atoms with E-state index in [-0.39, 0.29) is 0 Å². The standard InChI is InChI=1S/C12H11NO2/c1-8-3-4-11-9(5-8)10(6-13(11)2)12(15)7-14/h3-7H,1-2H3. The van der Waals surface area contributed by atoms with Gasteiger partial charge in [-0.05, 0) is 19.1 Å². The molecular weight excluding hydrogens is 190 g/mol. The molecule has 0 N–H and O–H groups in total. The van der Waals surface area contributed by atoms with E-state index in [0.717, 1.165) is 16.5 Å². The van der Waals surface area contributed by atoms with Crippen LogP contribution in [-0.2, 0) is 11.8 Å². The number of carbonyl (C=O) groups is 2. The zero-order valence-electron chi connectivity index (χ0n) is 8.65. The zero-order valence-corrected chi connectivity index (χ0v) is 8.65. The zero-order chi connectivity index (χ0) is 11.0. The second-order valence-corrected chi connectivity index (χ2v) is 3.66. The average molecular weight is 201 g/mol. The van der Waals surface area contributed by atoms with E-state index < -0.39 is 5.78 Å². The Balaban J connectivity index is 2.80. The molecule has 2 rings (SSSR count). The van der Waals surface area contributed by atoms with Crippen molar-refractivity contribution in [3.63, 3.8) is 0 Å². The summed E-state index contributed by atoms with van der Waals surface area (Å²) in [6.07, 6.45) is 2.05. The number of rotatable bonds is 2. The number of carbonyl (C=O) groups excluding carboxylic acids is 2. The molecule has 0 unspecified atom stereocenters. The molecule has 0 atom stereocenters. The number of hydrogen-bond donors (Lipinski definition) is 0. The van der Waals surface area contributed by atoms with Crippen LogP contribution in [0.25, 0.3) is 10.9 Å². The summed E-state index contributed by atoms with van der Waals surface area (Å²) in [5.74, 6) is -0.466. The second kappa shape index (κ2) is 3.35. The highest BCUT2D eigenvalue weighted by Crippen LogP contribution is 2.21. The number of Topliss-reactive ketones (excluding diaryl/α,β-unsaturated/α-hetero) is 1. The highest BCUT2D eigenvalue weighted by molar-refractivity contribution is 6.36. The van der Waals surface area contributed by atoms with E-state index >= 15 is 0 Å². The second-order valence-electron chi connectivity index (χ2n) is 3.66. The fourth-order valence-electron chi connectivity index (χ4n) is 1.77. The third kappa shape index (κ3) is 1.46. The van der Waals surface area contributed by atoms with E-state index in [4.69, 9.17) is 0 Å². The van der Waals surface area contributed by atoms with E-state index in [2.05, 4.69) is 0 Å². The van der Waals surface area contributed by atoms with Crippen molar-refractivity contribution in [2.24, 2.45) is 7.05 Å². The molecule has 0 bridgehead atoms. The van der Waals surface area contributed by atoms with Crippen LogP contribution in [0.3, 0.4) is 0 Å². The minimum atomic E-state index is -0.466. The van der Waals surface area contributed by atoms with Crippen molar-refractivity contribution in [2.45, 2.75) is 6.92 Å². The predicted molar refractivity (Wildman–Crippen MR) is 58.1 cm³/mol. The SMILES string of the molecule is Cc1ccc2c(c1)c(C(=O)C=O)cn2C. The normalized spacial score (nSPS) is 10.5. The Morgan fingerprint density at radius 1 is 1.40 bits per heavy atom. The van der Waals surface area contributed by atoms with Crippen molar-refractivity contribution >= 4 is 23.0 Å². The fraction of sp³-hybridized carbons (Fsp3) is 0.167. The van der Waals surface area contributed by atoms with E-state index in [0.29, 0.717) is 11.8 Å². The summed E-state index contributed by atoms with van der Waals surface area (Å²) in [6.45, 7) is 1.96. The Bertz CT molecular complexity index is 552. The molecular formula is C12H11NO2. The number of hydrogen-bond acceptors (Lipinski definition) is 2. The predicted octanol–water partition coefficient (Wildman–Crippen LogP) is 1.87. The Morgan fingerprint density at radius 2 is 2.13 bits per heavy atom. The molecule has 0 spiro atoms. The number of benzene rings is 1. The molecule has 3 nitrogen and oxygen atoms in total. The molecule has 3 heteroatoms. The molecule has 0 amide bonds. The van der Waals surface area contributed by atoms with Crippen LogP contribution in [0.4, 0.5) is 0 Å². The van der Waals surface area contributed by atoms with Crippen LogP contribution >= 0.6 is 0 Å². The van der Waals surface area contributed by atoms with Crippen LogP contribution in [0.15, 0.2) is 24.4 Å². The average Bonchev–Trinajstić information content (AvgIpc) is 2.54. The molecule has 0 saturated carbocycles. The molecule has 0 aliphatic rings. The molecule has 1 heterocycles. The Morgan fingerprint density at radius 3 is 2.80 bits per heavy atom. The van der Waals surface area contributed by atoms with E-state index in [1.165, 1.54) is 0 Å². The lowest BCUT2D eigenvalue weighted by Gasteiger charge is -1.96. The molecule has 0 aliphatic heterocycles. The highest BCUT2D eigenvalue weighted by Gasteiger charge is 2.12. The first-order valence-corrected chi connectivity index (χ1v) is 4.68. The summed E-state index contributed by atoms with van der Waals surface area (Å²) >= 11 is 0. The lowest BCUT2D eigenvalue weighted by molar-refractivity contribution is -0.104. The summed E-state index contributed by atoms with van der Waals surface area (Å²) in [5, 5.41) is 0.842. The summed E-state index contributed by atoms with van der Waals surface area (Å²) in [7, 11) is 1.86. The Hall–Kier alpha value is -1.90. The van der Waals surface area contributed by atoms with Gasteiger partial charge in [0.2, 0.25) is 5.78 Å². The third-order valence-electron chi connectivity index (χ3n) is 2.52. The largest absolute Gasteiger partial charge is 0.350 e. The maximum absolute atomic E-state index is 11.4. The third-order valence-corrected chi connectivity index (χ3v) is 2.52.